The van der Waals surface area contributed by atoms with Crippen LogP contribution in [-0.2, 0) is 14.2 Å². The average Bonchev–Trinajstić information content (AvgIpc) is 3.36. The third-order valence-electron chi connectivity index (χ3n) is 10.7. The summed E-state index contributed by atoms with van der Waals surface area (Å²) in [5.74, 6) is -1.23. The maximum atomic E-state index is 14.3. The van der Waals surface area contributed by atoms with Gasteiger partial charge in [0.1, 0.15) is 24.2 Å². The fraction of sp³-hybridized carbons (Fsp3) is 0.531. The third kappa shape index (κ3) is 5.62. The lowest BCUT2D eigenvalue weighted by Gasteiger charge is -2.44. The van der Waals surface area contributed by atoms with E-state index in [1.54, 1.807) is 17.3 Å². The second-order valence-electron chi connectivity index (χ2n) is 13.7. The first-order valence-electron chi connectivity index (χ1n) is 16.2. The Bertz CT molecular complexity index is 1810. The van der Waals surface area contributed by atoms with Gasteiger partial charge in [0, 0.05) is 54.6 Å². The molecule has 5 fully saturated rings. The molecular formula is C32H36FN6O6PS. The van der Waals surface area contributed by atoms with Gasteiger partial charge in [0.05, 0.1) is 4.88 Å². The fourth-order valence-corrected chi connectivity index (χ4v) is 9.35. The number of nitrogens with zero attached hydrogens (tertiary/aromatic N) is 5. The van der Waals surface area contributed by atoms with Crippen molar-refractivity contribution < 1.29 is 33.1 Å². The molecule has 0 radical (unpaired) electrons. The van der Waals surface area contributed by atoms with Crippen LogP contribution in [0.2, 0.25) is 0 Å². The van der Waals surface area contributed by atoms with Gasteiger partial charge in [0.25, 0.3) is 5.91 Å². The van der Waals surface area contributed by atoms with E-state index in [0.717, 1.165) is 61.5 Å². The zero-order chi connectivity index (χ0) is 32.6. The van der Waals surface area contributed by atoms with Crippen molar-refractivity contribution in [3.63, 3.8) is 0 Å². The number of thiophene rings is 1. The SMILES string of the molecule is O=C(N[C@H]1C[C@@H]2C[C@@H]2CC2CC[C@@H](C(=O)N3CC(c4cncnc4N4CCC4)C3)N2C1=O)c1cc2cc([C@H](F)P(=O)(O)O)ccc2s1. The predicted octanol–water partition coefficient (Wildman–Crippen LogP) is 3.56. The molecule has 47 heavy (non-hydrogen) atoms. The fourth-order valence-electron chi connectivity index (χ4n) is 7.86. The molecule has 4 aliphatic heterocycles. The molecule has 3 aromatic rings. The highest BCUT2D eigenvalue weighted by Crippen LogP contribution is 2.53. The maximum Gasteiger partial charge on any atom is 0.363 e. The van der Waals surface area contributed by atoms with E-state index in [4.69, 9.17) is 0 Å². The third-order valence-corrected chi connectivity index (χ3v) is 12.7. The summed E-state index contributed by atoms with van der Waals surface area (Å²) in [6, 6.07) is 4.36. The Balaban J connectivity index is 0.972. The molecule has 1 aliphatic carbocycles. The number of carbonyl (C=O) groups excluding carboxylic acids is 3. The Morgan fingerprint density at radius 3 is 2.62 bits per heavy atom. The summed E-state index contributed by atoms with van der Waals surface area (Å²) in [5, 5.41) is 3.44. The van der Waals surface area contributed by atoms with Gasteiger partial charge in [-0.15, -0.1) is 11.3 Å². The minimum absolute atomic E-state index is 0.0332. The van der Waals surface area contributed by atoms with Crippen molar-refractivity contribution in [3.8, 4) is 0 Å². The minimum Gasteiger partial charge on any atom is -0.356 e. The van der Waals surface area contributed by atoms with Gasteiger partial charge in [0.15, 0.2) is 0 Å². The molecule has 0 bridgehead atoms. The number of rotatable bonds is 7. The van der Waals surface area contributed by atoms with E-state index in [1.165, 1.54) is 18.2 Å². The summed E-state index contributed by atoms with van der Waals surface area (Å²) in [6.45, 7) is 3.07. The lowest BCUT2D eigenvalue weighted by Crippen LogP contribution is -2.59. The minimum atomic E-state index is -4.98. The van der Waals surface area contributed by atoms with Crippen molar-refractivity contribution in [3.05, 3.63) is 52.8 Å². The summed E-state index contributed by atoms with van der Waals surface area (Å²) < 4.78 is 26.4. The number of fused-ring (bicyclic) bond motifs is 3. The summed E-state index contributed by atoms with van der Waals surface area (Å²) in [7, 11) is -4.98. The van der Waals surface area contributed by atoms with E-state index in [-0.39, 0.29) is 29.3 Å². The van der Waals surface area contributed by atoms with Gasteiger partial charge < -0.3 is 29.8 Å². The Morgan fingerprint density at radius 2 is 1.87 bits per heavy atom. The quantitative estimate of drug-likeness (QED) is 0.317. The number of nitrogens with one attached hydrogen (secondary N) is 1. The summed E-state index contributed by atoms with van der Waals surface area (Å²) in [6.07, 6.45) is 8.33. The summed E-state index contributed by atoms with van der Waals surface area (Å²) in [5.41, 5.74) is 0.901. The molecular weight excluding hydrogens is 646 g/mol. The highest BCUT2D eigenvalue weighted by molar-refractivity contribution is 7.51. The molecule has 12 nitrogen and oxygen atoms in total. The number of anilines is 1. The molecule has 6 heterocycles. The number of hydrogen-bond donors (Lipinski definition) is 3. The largest absolute Gasteiger partial charge is 0.363 e. The number of aromatic nitrogens is 2. The highest BCUT2D eigenvalue weighted by Gasteiger charge is 2.52. The number of hydrogen-bond acceptors (Lipinski definition) is 8. The standard InChI is InChI=1S/C32H36FN6O6PS/c33-28(46(43,44)45)17-2-5-26-20(8-17)12-27(47-26)30(40)36-24-11-19-9-18(19)10-22-3-4-25(39(22)31(24)41)32(42)38-14-21(15-38)23-13-34-16-35-29(23)37-6-1-7-37/h2,5,8,12-13,16,18-19,21-22,24-25,28H,1,3-4,6-7,9-11,14-15H2,(H,36,40)(H2,43,44,45)/t18-,19+,22?,24+,25+,28-/m1/s1. The van der Waals surface area contributed by atoms with Crippen molar-refractivity contribution >= 4 is 52.6 Å². The van der Waals surface area contributed by atoms with Crippen LogP contribution in [0, 0.1) is 11.8 Å². The highest BCUT2D eigenvalue weighted by atomic mass is 32.1. The van der Waals surface area contributed by atoms with Crippen molar-refractivity contribution in [2.24, 2.45) is 11.8 Å². The van der Waals surface area contributed by atoms with E-state index in [2.05, 4.69) is 20.2 Å². The molecule has 248 valence electrons. The molecule has 1 saturated carbocycles. The van der Waals surface area contributed by atoms with Gasteiger partial charge in [-0.05, 0) is 79.5 Å². The molecule has 3 N–H and O–H groups in total. The van der Waals surface area contributed by atoms with Crippen LogP contribution in [0.25, 0.3) is 10.1 Å². The second-order valence-corrected chi connectivity index (χ2v) is 16.4. The normalized spacial score (nSPS) is 28.1. The second kappa shape index (κ2) is 11.6. The molecule has 4 saturated heterocycles. The number of alkyl halides is 1. The number of benzene rings is 1. The topological polar surface area (TPSA) is 156 Å². The molecule has 3 amide bonds. The van der Waals surface area contributed by atoms with Crippen LogP contribution in [0.1, 0.15) is 71.2 Å². The summed E-state index contributed by atoms with van der Waals surface area (Å²) in [4.78, 5) is 75.0. The molecule has 15 heteroatoms. The smallest absolute Gasteiger partial charge is 0.356 e. The van der Waals surface area contributed by atoms with Gasteiger partial charge >= 0.3 is 7.60 Å². The average molecular weight is 683 g/mol. The van der Waals surface area contributed by atoms with Crippen LogP contribution in [-0.4, -0.2) is 91.6 Å². The molecule has 0 spiro atoms. The molecule has 8 rings (SSSR count). The molecule has 1 unspecified atom stereocenters. The van der Waals surface area contributed by atoms with E-state index in [0.29, 0.717) is 52.7 Å². The van der Waals surface area contributed by atoms with E-state index in [9.17, 15) is 33.1 Å². The van der Waals surface area contributed by atoms with Crippen LogP contribution < -0.4 is 10.2 Å². The van der Waals surface area contributed by atoms with Gasteiger partial charge in [0.2, 0.25) is 17.7 Å². The van der Waals surface area contributed by atoms with Crippen LogP contribution in [0.4, 0.5) is 10.2 Å². The number of halogens is 1. The van der Waals surface area contributed by atoms with E-state index >= 15 is 0 Å². The Labute approximate surface area is 274 Å². The number of carbonyl (C=O) groups is 3. The lowest BCUT2D eigenvalue weighted by atomic mass is 9.91. The Morgan fingerprint density at radius 1 is 1.09 bits per heavy atom. The monoisotopic (exact) mass is 682 g/mol. The zero-order valence-corrected chi connectivity index (χ0v) is 27.3. The van der Waals surface area contributed by atoms with Gasteiger partial charge in [-0.25, -0.2) is 14.4 Å². The maximum absolute atomic E-state index is 14.3. The Kier molecular flexibility index (Phi) is 7.62. The first-order chi connectivity index (χ1) is 22.5. The first kappa shape index (κ1) is 30.9. The molecule has 2 aromatic heterocycles. The zero-order valence-electron chi connectivity index (χ0n) is 25.6. The molecule has 5 aliphatic rings. The van der Waals surface area contributed by atoms with Gasteiger partial charge in [-0.2, -0.15) is 0 Å². The van der Waals surface area contributed by atoms with Crippen molar-refractivity contribution in [2.75, 3.05) is 31.1 Å². The van der Waals surface area contributed by atoms with Crippen molar-refractivity contribution in [2.45, 2.75) is 68.5 Å². The van der Waals surface area contributed by atoms with Gasteiger partial charge in [-0.3, -0.25) is 18.9 Å². The van der Waals surface area contributed by atoms with Crippen LogP contribution >= 0.6 is 18.9 Å². The summed E-state index contributed by atoms with van der Waals surface area (Å²) >= 11 is 1.16. The van der Waals surface area contributed by atoms with Crippen molar-refractivity contribution in [1.82, 2.24) is 25.1 Å². The predicted molar refractivity (Wildman–Crippen MR) is 172 cm³/mol. The van der Waals surface area contributed by atoms with E-state index in [1.807, 2.05) is 11.1 Å². The van der Waals surface area contributed by atoms with Crippen LogP contribution in [0.5, 0.6) is 0 Å². The lowest BCUT2D eigenvalue weighted by molar-refractivity contribution is -0.149. The van der Waals surface area contributed by atoms with Crippen molar-refractivity contribution in [1.29, 1.82) is 0 Å². The molecule has 6 atom stereocenters. The first-order valence-corrected chi connectivity index (χ1v) is 18.7. The van der Waals surface area contributed by atoms with Gasteiger partial charge in [-0.1, -0.05) is 6.07 Å². The van der Waals surface area contributed by atoms with E-state index < -0.39 is 31.5 Å². The number of amides is 3. The van der Waals surface area contributed by atoms with Crippen LogP contribution in [0.15, 0.2) is 36.8 Å². The van der Waals surface area contributed by atoms with Crippen LogP contribution in [0.3, 0.4) is 0 Å². The number of likely N-dealkylation sites (tertiary alicyclic amines) is 1. The Hall–Kier alpha value is -3.45. The molecule has 1 aromatic carbocycles.